The normalized spacial score (nSPS) is 17.7. The van der Waals surface area contributed by atoms with Crippen molar-refractivity contribution in [3.05, 3.63) is 28.7 Å². The van der Waals surface area contributed by atoms with E-state index in [0.29, 0.717) is 15.0 Å². The minimum atomic E-state index is -0.344. The van der Waals surface area contributed by atoms with Crippen molar-refractivity contribution in [2.24, 2.45) is 0 Å². The molecule has 1 heterocycles. The number of carbonyl (C=O) groups excluding carboxylic acids is 1. The zero-order chi connectivity index (χ0) is 15.8. The summed E-state index contributed by atoms with van der Waals surface area (Å²) in [6.07, 6.45) is 1.76. The highest BCUT2D eigenvalue weighted by molar-refractivity contribution is 8.26. The van der Waals surface area contributed by atoms with E-state index in [1.807, 2.05) is 20.8 Å². The van der Waals surface area contributed by atoms with Crippen molar-refractivity contribution in [2.75, 3.05) is 7.11 Å². The standard InChI is InChI=1S/C15H17NO3S2/c1-15(2,3)16-13(18)12(21-14(16)20)8-9-5-6-10(17)11(7-9)19-4/h5-8,17H,1-4H3. The number of hydrogen-bond donors (Lipinski definition) is 1. The lowest BCUT2D eigenvalue weighted by Gasteiger charge is -2.30. The number of phenols is 1. The number of methoxy groups -OCH3 is 1. The molecule has 112 valence electrons. The Bertz CT molecular complexity index is 632. The molecule has 1 amide bonds. The number of thiocarbonyl (C=S) groups is 1. The highest BCUT2D eigenvalue weighted by atomic mass is 32.2. The highest BCUT2D eigenvalue weighted by Crippen LogP contribution is 2.37. The number of rotatable bonds is 2. The molecule has 4 nitrogen and oxygen atoms in total. The van der Waals surface area contributed by atoms with Gasteiger partial charge >= 0.3 is 0 Å². The first-order valence-electron chi connectivity index (χ1n) is 6.39. The molecule has 0 aromatic heterocycles. The van der Waals surface area contributed by atoms with Gasteiger partial charge in [0.05, 0.1) is 12.0 Å². The maximum absolute atomic E-state index is 12.5. The molecule has 6 heteroatoms. The maximum atomic E-state index is 12.5. The van der Waals surface area contributed by atoms with Gasteiger partial charge in [0, 0.05) is 5.54 Å². The molecule has 1 N–H and O–H groups in total. The average Bonchev–Trinajstić information content (AvgIpc) is 2.66. The predicted octanol–water partition coefficient (Wildman–Crippen LogP) is 3.40. The number of thioether (sulfide) groups is 1. The van der Waals surface area contributed by atoms with Crippen LogP contribution < -0.4 is 4.74 Å². The molecule has 1 fully saturated rings. The van der Waals surface area contributed by atoms with Gasteiger partial charge in [0.25, 0.3) is 5.91 Å². The third-order valence-electron chi connectivity index (χ3n) is 2.97. The van der Waals surface area contributed by atoms with Crippen molar-refractivity contribution in [2.45, 2.75) is 26.3 Å². The molecule has 1 saturated heterocycles. The Hall–Kier alpha value is -1.53. The third-order valence-corrected chi connectivity index (χ3v) is 4.27. The van der Waals surface area contributed by atoms with E-state index in [1.54, 1.807) is 23.1 Å². The van der Waals surface area contributed by atoms with E-state index < -0.39 is 0 Å². The van der Waals surface area contributed by atoms with Gasteiger partial charge in [-0.2, -0.15) is 0 Å². The van der Waals surface area contributed by atoms with Crippen LogP contribution in [0.3, 0.4) is 0 Å². The minimum absolute atomic E-state index is 0.0666. The summed E-state index contributed by atoms with van der Waals surface area (Å²) in [6.45, 7) is 5.85. The van der Waals surface area contributed by atoms with Gasteiger partial charge in [-0.05, 0) is 44.5 Å². The quantitative estimate of drug-likeness (QED) is 0.668. The molecule has 0 saturated carbocycles. The number of nitrogens with zero attached hydrogens (tertiary/aromatic N) is 1. The number of benzene rings is 1. The fourth-order valence-electron chi connectivity index (χ4n) is 1.98. The van der Waals surface area contributed by atoms with Gasteiger partial charge in [0.1, 0.15) is 4.32 Å². The lowest BCUT2D eigenvalue weighted by molar-refractivity contribution is -0.125. The van der Waals surface area contributed by atoms with Crippen molar-refractivity contribution < 1.29 is 14.6 Å². The van der Waals surface area contributed by atoms with E-state index in [0.717, 1.165) is 5.56 Å². The molecule has 1 aliphatic rings. The first-order valence-corrected chi connectivity index (χ1v) is 7.61. The number of amides is 1. The summed E-state index contributed by atoms with van der Waals surface area (Å²) in [6, 6.07) is 4.94. The van der Waals surface area contributed by atoms with Crippen LogP contribution in [-0.2, 0) is 4.79 Å². The molecule has 1 aromatic rings. The maximum Gasteiger partial charge on any atom is 0.266 e. The van der Waals surface area contributed by atoms with Gasteiger partial charge in [0.2, 0.25) is 0 Å². The Labute approximate surface area is 133 Å². The molecule has 0 bridgehead atoms. The van der Waals surface area contributed by atoms with Gasteiger partial charge in [-0.15, -0.1) is 0 Å². The van der Waals surface area contributed by atoms with Crippen LogP contribution in [0.25, 0.3) is 6.08 Å². The third kappa shape index (κ3) is 3.22. The van der Waals surface area contributed by atoms with Crippen molar-refractivity contribution in [3.8, 4) is 11.5 Å². The molecule has 0 atom stereocenters. The molecule has 1 aromatic carbocycles. The molecular formula is C15H17NO3S2. The Balaban J connectivity index is 2.35. The first kappa shape index (κ1) is 15.9. The van der Waals surface area contributed by atoms with E-state index >= 15 is 0 Å². The first-order chi connectivity index (χ1) is 9.74. The van der Waals surface area contributed by atoms with Gasteiger partial charge in [0.15, 0.2) is 11.5 Å². The van der Waals surface area contributed by atoms with E-state index in [1.165, 1.54) is 24.9 Å². The minimum Gasteiger partial charge on any atom is -0.504 e. The summed E-state index contributed by atoms with van der Waals surface area (Å²) < 4.78 is 5.63. The number of carbonyl (C=O) groups is 1. The lowest BCUT2D eigenvalue weighted by Crippen LogP contribution is -2.44. The van der Waals surface area contributed by atoms with E-state index in [2.05, 4.69) is 0 Å². The summed E-state index contributed by atoms with van der Waals surface area (Å²) >= 11 is 6.58. The van der Waals surface area contributed by atoms with E-state index in [4.69, 9.17) is 17.0 Å². The predicted molar refractivity (Wildman–Crippen MR) is 89.4 cm³/mol. The number of aromatic hydroxyl groups is 1. The van der Waals surface area contributed by atoms with Crippen molar-refractivity contribution in [1.29, 1.82) is 0 Å². The molecular weight excluding hydrogens is 306 g/mol. The second-order valence-electron chi connectivity index (χ2n) is 5.62. The topological polar surface area (TPSA) is 49.8 Å². The summed E-state index contributed by atoms with van der Waals surface area (Å²) in [4.78, 5) is 14.7. The van der Waals surface area contributed by atoms with E-state index in [9.17, 15) is 9.90 Å². The Morgan fingerprint density at radius 2 is 2.05 bits per heavy atom. The Morgan fingerprint density at radius 1 is 1.38 bits per heavy atom. The van der Waals surface area contributed by atoms with Crippen LogP contribution in [-0.4, -0.2) is 32.9 Å². The highest BCUT2D eigenvalue weighted by Gasteiger charge is 2.38. The second kappa shape index (κ2) is 5.69. The lowest BCUT2D eigenvalue weighted by atomic mass is 10.1. The second-order valence-corrected chi connectivity index (χ2v) is 7.29. The number of hydrogen-bond acceptors (Lipinski definition) is 5. The zero-order valence-electron chi connectivity index (χ0n) is 12.3. The summed E-state index contributed by atoms with van der Waals surface area (Å²) in [7, 11) is 1.48. The average molecular weight is 323 g/mol. The monoisotopic (exact) mass is 323 g/mol. The van der Waals surface area contributed by atoms with Gasteiger partial charge < -0.3 is 9.84 Å². The van der Waals surface area contributed by atoms with Crippen LogP contribution in [0.15, 0.2) is 23.1 Å². The zero-order valence-corrected chi connectivity index (χ0v) is 14.0. The van der Waals surface area contributed by atoms with Crippen molar-refractivity contribution >= 4 is 40.3 Å². The molecule has 1 aliphatic heterocycles. The smallest absolute Gasteiger partial charge is 0.266 e. The van der Waals surface area contributed by atoms with Crippen LogP contribution in [0.2, 0.25) is 0 Å². The fraction of sp³-hybridized carbons (Fsp3) is 0.333. The largest absolute Gasteiger partial charge is 0.504 e. The summed E-state index contributed by atoms with van der Waals surface area (Å²) in [5, 5.41) is 9.59. The van der Waals surface area contributed by atoms with Crippen molar-refractivity contribution in [3.63, 3.8) is 0 Å². The number of ether oxygens (including phenoxy) is 1. The molecule has 2 rings (SSSR count). The van der Waals surface area contributed by atoms with Crippen LogP contribution in [0, 0.1) is 0 Å². The summed E-state index contributed by atoms with van der Waals surface area (Å²) in [5.41, 5.74) is 0.433. The SMILES string of the molecule is COc1cc(C=C2SC(=S)N(C(C)(C)C)C2=O)ccc1O. The molecule has 0 spiro atoms. The van der Waals surface area contributed by atoms with Crippen LogP contribution >= 0.6 is 24.0 Å². The summed E-state index contributed by atoms with van der Waals surface area (Å²) in [5.74, 6) is 0.344. The van der Waals surface area contributed by atoms with Crippen LogP contribution in [0.1, 0.15) is 26.3 Å². The van der Waals surface area contributed by atoms with Gasteiger partial charge in [-0.1, -0.05) is 30.0 Å². The van der Waals surface area contributed by atoms with E-state index in [-0.39, 0.29) is 17.2 Å². The van der Waals surface area contributed by atoms with Gasteiger partial charge in [-0.3, -0.25) is 9.69 Å². The van der Waals surface area contributed by atoms with Crippen LogP contribution in [0.4, 0.5) is 0 Å². The fourth-order valence-corrected chi connectivity index (χ4v) is 3.62. The molecule has 0 radical (unpaired) electrons. The number of phenolic OH excluding ortho intramolecular Hbond substituents is 1. The van der Waals surface area contributed by atoms with Crippen molar-refractivity contribution in [1.82, 2.24) is 4.90 Å². The molecule has 0 aliphatic carbocycles. The Kier molecular flexibility index (Phi) is 4.30. The molecule has 0 unspecified atom stereocenters. The Morgan fingerprint density at radius 3 is 2.57 bits per heavy atom. The van der Waals surface area contributed by atoms with Gasteiger partial charge in [-0.25, -0.2) is 0 Å². The molecule has 21 heavy (non-hydrogen) atoms. The van der Waals surface area contributed by atoms with Crippen LogP contribution in [0.5, 0.6) is 11.5 Å².